The molecule has 5 heteroatoms. The van der Waals surface area contributed by atoms with Crippen LogP contribution in [0.25, 0.3) is 0 Å². The molecule has 0 aliphatic carbocycles. The Labute approximate surface area is 87.7 Å². The highest BCUT2D eigenvalue weighted by Gasteiger charge is 2.48. The lowest BCUT2D eigenvalue weighted by Crippen LogP contribution is -2.43. The van der Waals surface area contributed by atoms with Crippen molar-refractivity contribution in [3.05, 3.63) is 0 Å². The van der Waals surface area contributed by atoms with Crippen molar-refractivity contribution in [1.82, 2.24) is 5.06 Å². The first kappa shape index (κ1) is 10.2. The number of esters is 1. The van der Waals surface area contributed by atoms with Gasteiger partial charge in [0.15, 0.2) is 0 Å². The lowest BCUT2D eigenvalue weighted by molar-refractivity contribution is -0.214. The summed E-state index contributed by atoms with van der Waals surface area (Å²) in [6.45, 7) is 1.37. The predicted molar refractivity (Wildman–Crippen MR) is 49.1 cm³/mol. The Hall–Kier alpha value is -0.320. The van der Waals surface area contributed by atoms with E-state index in [4.69, 9.17) is 16.3 Å². The third-order valence-electron chi connectivity index (χ3n) is 2.96. The van der Waals surface area contributed by atoms with Crippen LogP contribution in [0.5, 0.6) is 0 Å². The smallest absolute Gasteiger partial charge is 0.302 e. The Morgan fingerprint density at radius 1 is 1.43 bits per heavy atom. The first-order chi connectivity index (χ1) is 6.58. The maximum atomic E-state index is 11.6. The van der Waals surface area contributed by atoms with Gasteiger partial charge < -0.3 is 4.74 Å². The molecule has 1 radical (unpaired) electrons. The van der Waals surface area contributed by atoms with Crippen LogP contribution < -0.4 is 0 Å². The molecule has 2 heterocycles. The number of rotatable bonds is 1. The molecule has 0 aromatic heterocycles. The summed E-state index contributed by atoms with van der Waals surface area (Å²) in [5.41, 5.74) is 0. The number of hydroxylamine groups is 2. The van der Waals surface area contributed by atoms with E-state index >= 15 is 0 Å². The number of halogens is 1. The molecular formula is C9H13ClNO3. The van der Waals surface area contributed by atoms with Gasteiger partial charge in [-0.2, -0.15) is 0 Å². The van der Waals surface area contributed by atoms with E-state index in [2.05, 4.69) is 0 Å². The van der Waals surface area contributed by atoms with E-state index in [0.29, 0.717) is 19.3 Å². The molecule has 79 valence electrons. The van der Waals surface area contributed by atoms with Crippen LogP contribution in [0.2, 0.25) is 0 Å². The van der Waals surface area contributed by atoms with Crippen molar-refractivity contribution >= 4 is 17.6 Å². The average Bonchev–Trinajstić information content (AvgIpc) is 2.30. The van der Waals surface area contributed by atoms with Crippen LogP contribution in [0, 0.1) is 0 Å². The maximum Gasteiger partial charge on any atom is 0.302 e. The van der Waals surface area contributed by atoms with Gasteiger partial charge in [-0.25, -0.2) is 0 Å². The molecule has 2 aliphatic heterocycles. The minimum Gasteiger partial charge on any atom is -0.461 e. The van der Waals surface area contributed by atoms with Crippen molar-refractivity contribution in [3.8, 4) is 0 Å². The van der Waals surface area contributed by atoms with Crippen LogP contribution in [0.4, 0.5) is 0 Å². The van der Waals surface area contributed by atoms with Gasteiger partial charge in [0, 0.05) is 24.8 Å². The first-order valence-electron chi connectivity index (χ1n) is 4.84. The highest BCUT2D eigenvalue weighted by Crippen LogP contribution is 2.38. The van der Waals surface area contributed by atoms with Crippen LogP contribution >= 0.6 is 11.6 Å². The van der Waals surface area contributed by atoms with Gasteiger partial charge in [0.1, 0.15) is 6.10 Å². The van der Waals surface area contributed by atoms with Crippen LogP contribution in [0.3, 0.4) is 0 Å². The molecule has 2 aliphatic rings. The molecule has 0 aromatic rings. The van der Waals surface area contributed by atoms with Crippen molar-refractivity contribution in [1.29, 1.82) is 0 Å². The summed E-state index contributed by atoms with van der Waals surface area (Å²) < 4.78 is 5.10. The predicted octanol–water partition coefficient (Wildman–Crippen LogP) is 1.11. The summed E-state index contributed by atoms with van der Waals surface area (Å²) in [7, 11) is 0. The van der Waals surface area contributed by atoms with Crippen LogP contribution in [-0.4, -0.2) is 34.6 Å². The van der Waals surface area contributed by atoms with Gasteiger partial charge in [-0.3, -0.25) is 4.79 Å². The van der Waals surface area contributed by atoms with Gasteiger partial charge >= 0.3 is 5.97 Å². The lowest BCUT2D eigenvalue weighted by Gasteiger charge is -2.30. The highest BCUT2D eigenvalue weighted by atomic mass is 35.5. The van der Waals surface area contributed by atoms with Gasteiger partial charge in [0.25, 0.3) is 0 Å². The zero-order valence-electron chi connectivity index (χ0n) is 7.98. The number of piperidine rings is 1. The summed E-state index contributed by atoms with van der Waals surface area (Å²) >= 11 is 6.01. The normalized spacial score (nSPS) is 42.5. The van der Waals surface area contributed by atoms with E-state index in [1.54, 1.807) is 0 Å². The van der Waals surface area contributed by atoms with Gasteiger partial charge in [0.2, 0.25) is 0 Å². The fourth-order valence-corrected chi connectivity index (χ4v) is 2.80. The monoisotopic (exact) mass is 218 g/mol. The quantitative estimate of drug-likeness (QED) is 0.489. The third-order valence-corrected chi connectivity index (χ3v) is 3.32. The van der Waals surface area contributed by atoms with E-state index in [1.807, 2.05) is 0 Å². The first-order valence-corrected chi connectivity index (χ1v) is 5.28. The number of carbonyl (C=O) groups is 1. The van der Waals surface area contributed by atoms with E-state index in [1.165, 1.54) is 6.92 Å². The van der Waals surface area contributed by atoms with E-state index in [9.17, 15) is 10.0 Å². The maximum absolute atomic E-state index is 11.6. The molecular weight excluding hydrogens is 206 g/mol. The molecule has 0 unspecified atom stereocenters. The fourth-order valence-electron chi connectivity index (χ4n) is 2.41. The van der Waals surface area contributed by atoms with E-state index < -0.39 is 0 Å². The zero-order valence-corrected chi connectivity index (χ0v) is 8.74. The number of nitrogens with zero attached hydrogens (tertiary/aromatic N) is 1. The van der Waals surface area contributed by atoms with Crippen LogP contribution in [0.1, 0.15) is 26.2 Å². The van der Waals surface area contributed by atoms with E-state index in [0.717, 1.165) is 5.06 Å². The number of hydrogen-bond donors (Lipinski definition) is 0. The van der Waals surface area contributed by atoms with Gasteiger partial charge in [-0.15, -0.1) is 21.9 Å². The molecule has 2 rings (SSSR count). The van der Waals surface area contributed by atoms with Crippen molar-refractivity contribution in [2.24, 2.45) is 0 Å². The van der Waals surface area contributed by atoms with Crippen LogP contribution in [0.15, 0.2) is 0 Å². The summed E-state index contributed by atoms with van der Waals surface area (Å²) in [5, 5.41) is 12.7. The van der Waals surface area contributed by atoms with Crippen molar-refractivity contribution in [2.45, 2.75) is 49.8 Å². The summed E-state index contributed by atoms with van der Waals surface area (Å²) in [6.07, 6.45) is 1.72. The minimum atomic E-state index is -0.318. The lowest BCUT2D eigenvalue weighted by atomic mass is 10.0. The average molecular weight is 219 g/mol. The van der Waals surface area contributed by atoms with Gasteiger partial charge in [0.05, 0.1) is 6.04 Å². The number of fused-ring (bicyclic) bond motifs is 2. The molecule has 0 spiro atoms. The van der Waals surface area contributed by atoms with Gasteiger partial charge in [-0.05, 0) is 12.8 Å². The Kier molecular flexibility index (Phi) is 2.68. The number of ether oxygens (including phenoxy) is 1. The summed E-state index contributed by atoms with van der Waals surface area (Å²) in [6, 6.07) is -0.277. The summed E-state index contributed by atoms with van der Waals surface area (Å²) in [4.78, 5) is 10.8. The standard InChI is InChI=1S/C9H13ClNO3/c1-5(12)14-9-4-7-2-6(10)3-8(9)11(7)13/h6-9H,2-4H2,1H3/t6-,7+,8-,9+/m1/s1. The van der Waals surface area contributed by atoms with E-state index in [-0.39, 0.29) is 29.5 Å². The second kappa shape index (κ2) is 3.68. The molecule has 4 nitrogen and oxygen atoms in total. The van der Waals surface area contributed by atoms with Crippen molar-refractivity contribution < 1.29 is 14.7 Å². The molecule has 0 N–H and O–H groups in total. The molecule has 0 aromatic carbocycles. The zero-order chi connectivity index (χ0) is 10.3. The van der Waals surface area contributed by atoms with Gasteiger partial charge in [-0.1, -0.05) is 0 Å². The topological polar surface area (TPSA) is 49.4 Å². The molecule has 2 bridgehead atoms. The minimum absolute atomic E-state index is 0.0516. The Bertz CT molecular complexity index is 248. The molecule has 0 saturated carbocycles. The SMILES string of the molecule is CC(=O)O[C@H]1C[C@@H]2C[C@@H](Cl)C[C@H]1N2[O]. The number of hydrogen-bond acceptors (Lipinski definition) is 3. The van der Waals surface area contributed by atoms with Crippen LogP contribution in [-0.2, 0) is 14.7 Å². The molecule has 2 fully saturated rings. The number of carbonyl (C=O) groups excluding carboxylic acids is 1. The summed E-state index contributed by atoms with van der Waals surface area (Å²) in [5.74, 6) is -0.318. The number of alkyl halides is 1. The second-order valence-corrected chi connectivity index (χ2v) is 4.65. The Morgan fingerprint density at radius 2 is 2.14 bits per heavy atom. The fraction of sp³-hybridized carbons (Fsp3) is 0.889. The largest absolute Gasteiger partial charge is 0.461 e. The molecule has 4 atom stereocenters. The van der Waals surface area contributed by atoms with Crippen molar-refractivity contribution in [3.63, 3.8) is 0 Å². The molecule has 2 saturated heterocycles. The molecule has 0 amide bonds. The molecule has 14 heavy (non-hydrogen) atoms. The third kappa shape index (κ3) is 1.74. The highest BCUT2D eigenvalue weighted by molar-refractivity contribution is 6.20. The van der Waals surface area contributed by atoms with Crippen molar-refractivity contribution in [2.75, 3.05) is 0 Å². The Morgan fingerprint density at radius 3 is 2.79 bits per heavy atom. The Balaban J connectivity index is 2.05. The second-order valence-electron chi connectivity index (χ2n) is 4.03.